The summed E-state index contributed by atoms with van der Waals surface area (Å²) >= 11 is 0. The first-order valence-electron chi connectivity index (χ1n) is 6.39. The Bertz CT molecular complexity index is 179. The summed E-state index contributed by atoms with van der Waals surface area (Å²) in [5.74, 6) is 0.809. The van der Waals surface area contributed by atoms with Gasteiger partial charge in [-0.3, -0.25) is 0 Å². The Morgan fingerprint density at radius 2 is 1.67 bits per heavy atom. The van der Waals surface area contributed by atoms with E-state index < -0.39 is 5.60 Å². The maximum Gasteiger partial charge on any atom is 0.0741 e. The molecule has 0 heterocycles. The average molecular weight is 213 g/mol. The molecule has 2 nitrogen and oxygen atoms in total. The molecule has 1 aliphatic carbocycles. The highest BCUT2D eigenvalue weighted by Gasteiger charge is 2.27. The van der Waals surface area contributed by atoms with Gasteiger partial charge in [0.2, 0.25) is 0 Å². The van der Waals surface area contributed by atoms with Crippen LogP contribution in [0.15, 0.2) is 0 Å². The van der Waals surface area contributed by atoms with E-state index in [-0.39, 0.29) is 6.04 Å². The van der Waals surface area contributed by atoms with Crippen molar-refractivity contribution in [1.29, 1.82) is 0 Å². The second kappa shape index (κ2) is 5.31. The third-order valence-electron chi connectivity index (χ3n) is 3.93. The standard InChI is InChI=1S/C13H27NO/c1-10(12-8-6-5-7-9-12)14-11(2)13(3,4)15/h10-12,14-15H,5-9H2,1-4H3/t10-,11?/m0/s1. The van der Waals surface area contributed by atoms with Crippen LogP contribution in [-0.4, -0.2) is 22.8 Å². The molecule has 2 N–H and O–H groups in total. The lowest BCUT2D eigenvalue weighted by molar-refractivity contribution is 0.0361. The quantitative estimate of drug-likeness (QED) is 0.752. The zero-order valence-corrected chi connectivity index (χ0v) is 10.7. The Labute approximate surface area is 94.5 Å². The van der Waals surface area contributed by atoms with Crippen LogP contribution in [0.1, 0.15) is 59.8 Å². The van der Waals surface area contributed by atoms with Crippen LogP contribution in [-0.2, 0) is 0 Å². The van der Waals surface area contributed by atoms with Gasteiger partial charge in [0, 0.05) is 12.1 Å². The number of hydrogen-bond donors (Lipinski definition) is 2. The van der Waals surface area contributed by atoms with Gasteiger partial charge in [-0.1, -0.05) is 19.3 Å². The highest BCUT2D eigenvalue weighted by molar-refractivity contribution is 4.85. The van der Waals surface area contributed by atoms with Crippen molar-refractivity contribution in [2.75, 3.05) is 0 Å². The summed E-state index contributed by atoms with van der Waals surface area (Å²) in [5.41, 5.74) is -0.622. The van der Waals surface area contributed by atoms with Crippen molar-refractivity contribution < 1.29 is 5.11 Å². The molecule has 0 aromatic heterocycles. The maximum atomic E-state index is 9.87. The summed E-state index contributed by atoms with van der Waals surface area (Å²) in [6, 6.07) is 0.696. The zero-order valence-electron chi connectivity index (χ0n) is 10.7. The third kappa shape index (κ3) is 4.12. The van der Waals surface area contributed by atoms with Crippen LogP contribution in [0.5, 0.6) is 0 Å². The second-order valence-corrected chi connectivity index (χ2v) is 5.73. The van der Waals surface area contributed by atoms with Crippen LogP contribution >= 0.6 is 0 Å². The van der Waals surface area contributed by atoms with Gasteiger partial charge in [0.1, 0.15) is 0 Å². The SMILES string of the molecule is CC(N[C@@H](C)C1CCCCC1)C(C)(C)O. The molecule has 0 aromatic carbocycles. The molecule has 0 saturated heterocycles. The zero-order chi connectivity index (χ0) is 11.5. The van der Waals surface area contributed by atoms with Crippen LogP contribution in [0.25, 0.3) is 0 Å². The minimum atomic E-state index is -0.622. The molecule has 0 amide bonds. The van der Waals surface area contributed by atoms with E-state index in [9.17, 15) is 5.11 Å². The first-order valence-corrected chi connectivity index (χ1v) is 6.39. The fourth-order valence-electron chi connectivity index (χ4n) is 2.37. The van der Waals surface area contributed by atoms with Crippen LogP contribution < -0.4 is 5.32 Å². The molecule has 1 unspecified atom stereocenters. The van der Waals surface area contributed by atoms with E-state index in [2.05, 4.69) is 19.2 Å². The van der Waals surface area contributed by atoms with Gasteiger partial charge in [-0.25, -0.2) is 0 Å². The van der Waals surface area contributed by atoms with E-state index in [1.807, 2.05) is 13.8 Å². The summed E-state index contributed by atoms with van der Waals surface area (Å²) in [5, 5.41) is 13.4. The van der Waals surface area contributed by atoms with Crippen molar-refractivity contribution >= 4 is 0 Å². The Morgan fingerprint density at radius 1 is 1.13 bits per heavy atom. The minimum absolute atomic E-state index is 0.162. The first kappa shape index (κ1) is 13.0. The van der Waals surface area contributed by atoms with E-state index in [1.165, 1.54) is 32.1 Å². The van der Waals surface area contributed by atoms with Crippen LogP contribution in [0.4, 0.5) is 0 Å². The molecule has 1 aliphatic rings. The molecule has 0 bridgehead atoms. The third-order valence-corrected chi connectivity index (χ3v) is 3.93. The lowest BCUT2D eigenvalue weighted by atomic mass is 9.84. The molecule has 0 spiro atoms. The van der Waals surface area contributed by atoms with E-state index in [0.29, 0.717) is 6.04 Å². The van der Waals surface area contributed by atoms with Gasteiger partial charge in [0.05, 0.1) is 5.60 Å². The fraction of sp³-hybridized carbons (Fsp3) is 1.00. The van der Waals surface area contributed by atoms with Crippen LogP contribution in [0.2, 0.25) is 0 Å². The molecular weight excluding hydrogens is 186 g/mol. The summed E-state index contributed by atoms with van der Waals surface area (Å²) in [4.78, 5) is 0. The van der Waals surface area contributed by atoms with E-state index in [4.69, 9.17) is 0 Å². The van der Waals surface area contributed by atoms with Gasteiger partial charge in [-0.2, -0.15) is 0 Å². The molecule has 2 atom stereocenters. The van der Waals surface area contributed by atoms with Crippen molar-refractivity contribution in [3.63, 3.8) is 0 Å². The molecule has 0 radical (unpaired) electrons. The summed E-state index contributed by atoms with van der Waals surface area (Å²) in [6.45, 7) is 8.08. The Hall–Kier alpha value is -0.0800. The predicted molar refractivity (Wildman–Crippen MR) is 64.9 cm³/mol. The van der Waals surface area contributed by atoms with Gasteiger partial charge in [-0.05, 0) is 46.5 Å². The van der Waals surface area contributed by atoms with Gasteiger partial charge in [0.15, 0.2) is 0 Å². The van der Waals surface area contributed by atoms with Crippen molar-refractivity contribution in [1.82, 2.24) is 5.32 Å². The predicted octanol–water partition coefficient (Wildman–Crippen LogP) is 2.70. The van der Waals surface area contributed by atoms with Crippen molar-refractivity contribution in [2.24, 2.45) is 5.92 Å². The summed E-state index contributed by atoms with van der Waals surface area (Å²) < 4.78 is 0. The van der Waals surface area contributed by atoms with Gasteiger partial charge < -0.3 is 10.4 Å². The normalized spacial score (nSPS) is 23.8. The molecular formula is C13H27NO. The fourth-order valence-corrected chi connectivity index (χ4v) is 2.37. The first-order chi connectivity index (χ1) is 6.91. The van der Waals surface area contributed by atoms with Crippen LogP contribution in [0.3, 0.4) is 0 Å². The molecule has 2 heteroatoms. The van der Waals surface area contributed by atoms with Crippen molar-refractivity contribution in [2.45, 2.75) is 77.5 Å². The Balaban J connectivity index is 2.36. The minimum Gasteiger partial charge on any atom is -0.389 e. The van der Waals surface area contributed by atoms with Crippen molar-refractivity contribution in [3.05, 3.63) is 0 Å². The van der Waals surface area contributed by atoms with Gasteiger partial charge in [-0.15, -0.1) is 0 Å². The Morgan fingerprint density at radius 3 is 2.13 bits per heavy atom. The van der Waals surface area contributed by atoms with E-state index in [1.54, 1.807) is 0 Å². The largest absolute Gasteiger partial charge is 0.389 e. The van der Waals surface area contributed by atoms with Gasteiger partial charge >= 0.3 is 0 Å². The highest BCUT2D eigenvalue weighted by Crippen LogP contribution is 2.27. The lowest BCUT2D eigenvalue weighted by Crippen LogP contribution is -2.50. The van der Waals surface area contributed by atoms with E-state index >= 15 is 0 Å². The molecule has 1 fully saturated rings. The highest BCUT2D eigenvalue weighted by atomic mass is 16.3. The molecule has 1 rings (SSSR count). The molecule has 1 saturated carbocycles. The van der Waals surface area contributed by atoms with Crippen molar-refractivity contribution in [3.8, 4) is 0 Å². The average Bonchev–Trinajstić information content (AvgIpc) is 2.17. The maximum absolute atomic E-state index is 9.87. The Kier molecular flexibility index (Phi) is 4.60. The summed E-state index contributed by atoms with van der Waals surface area (Å²) in [7, 11) is 0. The number of hydrogen-bond acceptors (Lipinski definition) is 2. The second-order valence-electron chi connectivity index (χ2n) is 5.73. The van der Waals surface area contributed by atoms with Gasteiger partial charge in [0.25, 0.3) is 0 Å². The number of rotatable bonds is 4. The molecule has 0 aromatic rings. The van der Waals surface area contributed by atoms with Crippen LogP contribution in [0, 0.1) is 5.92 Å². The molecule has 0 aliphatic heterocycles. The van der Waals surface area contributed by atoms with E-state index in [0.717, 1.165) is 5.92 Å². The smallest absolute Gasteiger partial charge is 0.0741 e. The lowest BCUT2D eigenvalue weighted by Gasteiger charge is -2.34. The summed E-state index contributed by atoms with van der Waals surface area (Å²) in [6.07, 6.45) is 6.88. The number of nitrogens with one attached hydrogen (secondary N) is 1. The number of aliphatic hydroxyl groups is 1. The topological polar surface area (TPSA) is 32.3 Å². The monoisotopic (exact) mass is 213 g/mol. The molecule has 90 valence electrons. The molecule has 15 heavy (non-hydrogen) atoms.